The molecule has 180 valence electrons. The predicted octanol–water partition coefficient (Wildman–Crippen LogP) is 10.9. The summed E-state index contributed by atoms with van der Waals surface area (Å²) in [6.45, 7) is 0.257. The normalized spacial score (nSPS) is 16.0. The molecule has 2 nitrogen and oxygen atoms in total. The first-order chi connectivity index (χ1) is 15.9. The van der Waals surface area contributed by atoms with Gasteiger partial charge in [-0.05, 0) is 65.0 Å². The van der Waals surface area contributed by atoms with Crippen LogP contribution in [0.15, 0.2) is 44.2 Å². The molecule has 0 amide bonds. The average Bonchev–Trinajstić information content (AvgIpc) is 3.55. The molecule has 33 heavy (non-hydrogen) atoms. The van der Waals surface area contributed by atoms with Crippen molar-refractivity contribution in [1.82, 2.24) is 0 Å². The summed E-state index contributed by atoms with van der Waals surface area (Å²) >= 11 is 12.9. The van der Waals surface area contributed by atoms with Crippen molar-refractivity contribution in [3.8, 4) is 19.5 Å². The predicted molar refractivity (Wildman–Crippen MR) is 159 cm³/mol. The molecule has 4 rings (SSSR count). The van der Waals surface area contributed by atoms with Crippen molar-refractivity contribution in [1.29, 1.82) is 0 Å². The number of sulfone groups is 1. The highest BCUT2D eigenvalue weighted by atomic mass is 79.9. The lowest BCUT2D eigenvalue weighted by atomic mass is 10.1. The van der Waals surface area contributed by atoms with E-state index >= 15 is 0 Å². The van der Waals surface area contributed by atoms with Crippen LogP contribution in [0, 0.1) is 0 Å². The fraction of sp³-hybridized carbons (Fsp3) is 0.417. The first kappa shape index (κ1) is 26.2. The van der Waals surface area contributed by atoms with E-state index in [2.05, 4.69) is 71.6 Å². The van der Waals surface area contributed by atoms with Gasteiger partial charge in [-0.3, -0.25) is 0 Å². The summed E-state index contributed by atoms with van der Waals surface area (Å²) in [6.07, 6.45) is 11.1. The molecule has 0 fully saturated rings. The number of fused-ring (bicyclic) bond motifs is 1. The monoisotopic (exact) mass is 666 g/mol. The maximum absolute atomic E-state index is 13.5. The molecule has 0 N–H and O–H groups in total. The van der Waals surface area contributed by atoms with Gasteiger partial charge in [0.1, 0.15) is 4.24 Å². The molecule has 1 aliphatic heterocycles. The van der Waals surface area contributed by atoms with Crippen molar-refractivity contribution >= 4 is 86.4 Å². The molecule has 0 atom stereocenters. The maximum Gasteiger partial charge on any atom is 0.184 e. The number of rotatable bonds is 12. The molecule has 0 saturated carbocycles. The summed E-state index contributed by atoms with van der Waals surface area (Å²) in [7, 11) is -3.36. The van der Waals surface area contributed by atoms with Gasteiger partial charge in [-0.15, -0.1) is 34.0 Å². The number of unbranched alkanes of at least 4 members (excludes halogenated alkanes) is 7. The first-order valence-corrected chi connectivity index (χ1v) is 20.8. The van der Waals surface area contributed by atoms with E-state index in [1.165, 1.54) is 46.7 Å². The minimum absolute atomic E-state index is 0.218. The lowest BCUT2D eigenvalue weighted by Crippen LogP contribution is -2.09. The Morgan fingerprint density at radius 3 is 2.00 bits per heavy atom. The smallest absolute Gasteiger partial charge is 0.184 e. The minimum Gasteiger partial charge on any atom is -0.223 e. The van der Waals surface area contributed by atoms with Crippen molar-refractivity contribution in [2.75, 3.05) is 5.75 Å². The molecule has 0 radical (unpaired) electrons. The third kappa shape index (κ3) is 5.75. The van der Waals surface area contributed by atoms with Crippen molar-refractivity contribution in [2.45, 2.75) is 63.2 Å². The Balaban J connectivity index is 1.55. The molecule has 0 saturated heterocycles. The van der Waals surface area contributed by atoms with E-state index in [0.29, 0.717) is 4.24 Å². The molecule has 0 bridgehead atoms. The van der Waals surface area contributed by atoms with Gasteiger partial charge >= 0.3 is 0 Å². The SMILES string of the molecule is CCCCCCCCCCS(=O)(=O)C1=Cc2c(-c3cccs3)sc(-c3cccs3)c2S1(Br)Br. The number of hydrogen-bond donors (Lipinski definition) is 0. The van der Waals surface area contributed by atoms with Crippen LogP contribution in [0.25, 0.3) is 25.6 Å². The maximum atomic E-state index is 13.5. The van der Waals surface area contributed by atoms with Gasteiger partial charge in [-0.1, -0.05) is 70.9 Å². The molecule has 4 heterocycles. The van der Waals surface area contributed by atoms with Crippen molar-refractivity contribution < 1.29 is 8.42 Å². The third-order valence-corrected chi connectivity index (χ3v) is 19.1. The minimum atomic E-state index is -3.36. The van der Waals surface area contributed by atoms with Crippen LogP contribution in [0.5, 0.6) is 0 Å². The highest BCUT2D eigenvalue weighted by Crippen LogP contribution is 2.82. The molecular formula is C24H28Br2O2S5. The fourth-order valence-electron chi connectivity index (χ4n) is 4.04. The van der Waals surface area contributed by atoms with Crippen LogP contribution in [0.2, 0.25) is 0 Å². The highest BCUT2D eigenvalue weighted by Gasteiger charge is 2.44. The molecule has 3 aromatic heterocycles. The van der Waals surface area contributed by atoms with Crippen LogP contribution < -0.4 is 0 Å². The lowest BCUT2D eigenvalue weighted by Gasteiger charge is -2.25. The van der Waals surface area contributed by atoms with E-state index in [1.807, 2.05) is 6.08 Å². The van der Waals surface area contributed by atoms with Crippen LogP contribution in [0.1, 0.15) is 63.9 Å². The molecule has 0 spiro atoms. The fourth-order valence-corrected chi connectivity index (χ4v) is 18.5. The Hall–Kier alpha value is 0.100. The van der Waals surface area contributed by atoms with E-state index in [9.17, 15) is 8.42 Å². The van der Waals surface area contributed by atoms with E-state index in [1.54, 1.807) is 34.0 Å². The summed E-state index contributed by atoms with van der Waals surface area (Å²) in [6, 6.07) is 8.35. The van der Waals surface area contributed by atoms with Crippen molar-refractivity contribution in [2.24, 2.45) is 0 Å². The quantitative estimate of drug-likeness (QED) is 0.180. The standard InChI is InChI=1S/C24H28Br2O2S5/c1-2-3-4-5-6-7-8-9-16-32(27,28)21-17-18-22(19-12-10-14-29-19)31-23(20-13-11-15-30-20)24(18)33(21,25)26/h10-15,17H,2-9,16H2,1H3. The zero-order valence-corrected chi connectivity index (χ0v) is 25.8. The summed E-state index contributed by atoms with van der Waals surface area (Å²) in [5.74, 6) is 0.218. The van der Waals surface area contributed by atoms with Gasteiger partial charge < -0.3 is 0 Å². The second kappa shape index (κ2) is 11.4. The van der Waals surface area contributed by atoms with Crippen molar-refractivity contribution in [3.63, 3.8) is 0 Å². The number of thiophene rings is 3. The van der Waals surface area contributed by atoms with E-state index < -0.39 is 16.7 Å². The van der Waals surface area contributed by atoms with Gasteiger partial charge in [0.05, 0.1) is 15.5 Å². The summed E-state index contributed by atoms with van der Waals surface area (Å²) in [5, 5.41) is 4.15. The van der Waals surface area contributed by atoms with E-state index in [4.69, 9.17) is 0 Å². The largest absolute Gasteiger partial charge is 0.223 e. The van der Waals surface area contributed by atoms with Gasteiger partial charge in [0.2, 0.25) is 0 Å². The molecule has 0 aromatic carbocycles. The third-order valence-electron chi connectivity index (χ3n) is 5.73. The van der Waals surface area contributed by atoms with E-state index in [-0.39, 0.29) is 5.75 Å². The topological polar surface area (TPSA) is 34.1 Å². The van der Waals surface area contributed by atoms with Crippen LogP contribution in [-0.4, -0.2) is 14.2 Å². The molecule has 9 heteroatoms. The molecule has 0 aliphatic carbocycles. The second-order valence-electron chi connectivity index (χ2n) is 8.18. The van der Waals surface area contributed by atoms with Crippen LogP contribution >= 0.6 is 70.5 Å². The Bertz CT molecular complexity index is 1190. The molecular weight excluding hydrogens is 640 g/mol. The number of hydrogen-bond acceptors (Lipinski definition) is 5. The zero-order chi connectivity index (χ0) is 23.5. The highest BCUT2D eigenvalue weighted by molar-refractivity contribution is 9.92. The van der Waals surface area contributed by atoms with Gasteiger partial charge in [-0.25, -0.2) is 8.42 Å². The number of halogens is 2. The Morgan fingerprint density at radius 1 is 0.848 bits per heavy atom. The van der Waals surface area contributed by atoms with Gasteiger partial charge in [0.25, 0.3) is 0 Å². The first-order valence-electron chi connectivity index (χ1n) is 11.3. The van der Waals surface area contributed by atoms with Crippen LogP contribution in [0.3, 0.4) is 0 Å². The Kier molecular flexibility index (Phi) is 9.07. The summed E-state index contributed by atoms with van der Waals surface area (Å²) in [5.41, 5.74) is 1.06. The molecule has 1 aliphatic rings. The van der Waals surface area contributed by atoms with Gasteiger partial charge in [-0.2, -0.15) is 0 Å². The molecule has 3 aromatic rings. The van der Waals surface area contributed by atoms with Crippen molar-refractivity contribution in [3.05, 3.63) is 44.8 Å². The second-order valence-corrected chi connectivity index (χ2v) is 23.7. The van der Waals surface area contributed by atoms with Gasteiger partial charge in [0, 0.05) is 20.2 Å². The Morgan fingerprint density at radius 2 is 1.42 bits per heavy atom. The summed E-state index contributed by atoms with van der Waals surface area (Å²) < 4.78 is 27.5. The average molecular weight is 669 g/mol. The Labute approximate surface area is 226 Å². The lowest BCUT2D eigenvalue weighted by molar-refractivity contribution is 0.576. The molecule has 0 unspecified atom stereocenters. The summed E-state index contributed by atoms with van der Waals surface area (Å²) in [4.78, 5) is 5.81. The van der Waals surface area contributed by atoms with E-state index in [0.717, 1.165) is 34.6 Å². The zero-order valence-electron chi connectivity index (χ0n) is 18.5. The van der Waals surface area contributed by atoms with Crippen LogP contribution in [-0.2, 0) is 9.84 Å². The van der Waals surface area contributed by atoms with Crippen LogP contribution in [0.4, 0.5) is 0 Å². The van der Waals surface area contributed by atoms with Gasteiger partial charge in [0.15, 0.2) is 9.84 Å².